The highest BCUT2D eigenvalue weighted by atomic mass is 35.5. The molecule has 3 unspecified atom stereocenters. The molecular weight excluding hydrogens is 419 g/mol. The maximum Gasteiger partial charge on any atom is 0.345 e. The van der Waals surface area contributed by atoms with E-state index in [2.05, 4.69) is 36.4 Å². The van der Waals surface area contributed by atoms with Crippen molar-refractivity contribution in [3.05, 3.63) is 69.9 Å². The number of carboxylic acid groups (broad SMARTS) is 1. The molecule has 1 aliphatic carbocycles. The van der Waals surface area contributed by atoms with Crippen molar-refractivity contribution in [2.75, 3.05) is 0 Å². The zero-order valence-electron chi connectivity index (χ0n) is 16.8. The van der Waals surface area contributed by atoms with Gasteiger partial charge in [-0.15, -0.1) is 22.9 Å². The topological polar surface area (TPSA) is 37.3 Å². The first-order valence-corrected chi connectivity index (χ1v) is 11.8. The molecule has 1 heterocycles. The third kappa shape index (κ3) is 4.87. The summed E-state index contributed by atoms with van der Waals surface area (Å²) in [6.07, 6.45) is 4.14. The minimum Gasteiger partial charge on any atom is -0.477 e. The summed E-state index contributed by atoms with van der Waals surface area (Å²) in [6, 6.07) is 18.4. The van der Waals surface area contributed by atoms with Crippen molar-refractivity contribution in [3.8, 4) is 0 Å². The largest absolute Gasteiger partial charge is 0.477 e. The van der Waals surface area contributed by atoms with Gasteiger partial charge in [0.2, 0.25) is 0 Å². The lowest BCUT2D eigenvalue weighted by Gasteiger charge is -2.21. The maximum atomic E-state index is 14.4. The summed E-state index contributed by atoms with van der Waals surface area (Å²) >= 11 is 7.81. The average Bonchev–Trinajstić information content (AvgIpc) is 3.32. The van der Waals surface area contributed by atoms with Crippen molar-refractivity contribution in [1.82, 2.24) is 0 Å². The molecule has 4 rings (SSSR count). The lowest BCUT2D eigenvalue weighted by atomic mass is 9.86. The van der Waals surface area contributed by atoms with E-state index in [0.29, 0.717) is 17.2 Å². The monoisotopic (exact) mass is 444 g/mol. The summed E-state index contributed by atoms with van der Waals surface area (Å²) in [5.74, 6) is -0.394. The highest BCUT2D eigenvalue weighted by molar-refractivity contribution is 7.13. The predicted octanol–water partition coefficient (Wildman–Crippen LogP) is 7.14. The SMILES string of the molecule is O=C(O)c1ccc(CCC[C@H]2CC(F)C(Cl)C2CCc2ccc3ccccc3c2)s1. The molecular formula is C25H26ClFO2S. The first-order chi connectivity index (χ1) is 14.5. The van der Waals surface area contributed by atoms with E-state index in [4.69, 9.17) is 16.7 Å². The van der Waals surface area contributed by atoms with E-state index in [-0.39, 0.29) is 5.92 Å². The number of halogens is 2. The third-order valence-electron chi connectivity index (χ3n) is 6.34. The average molecular weight is 445 g/mol. The number of alkyl halides is 2. The summed E-state index contributed by atoms with van der Waals surface area (Å²) in [5.41, 5.74) is 1.28. The molecule has 1 aromatic heterocycles. The lowest BCUT2D eigenvalue weighted by Crippen LogP contribution is -2.19. The number of aryl methyl sites for hydroxylation is 2. The lowest BCUT2D eigenvalue weighted by molar-refractivity contribution is 0.0702. The van der Waals surface area contributed by atoms with E-state index in [0.717, 1.165) is 37.0 Å². The standard InChI is InChI=1S/C25H26ClFO2S/c26-24-21(12-9-16-8-10-17-4-1-2-5-18(17)14-16)19(15-22(24)27)6-3-7-20-11-13-23(30-20)25(28)29/h1-2,4-5,8,10-11,13-14,19,21-22,24H,3,6-7,9,12,15H2,(H,28,29)/t19-,21?,22?,24?/m0/s1. The zero-order chi connectivity index (χ0) is 21.1. The Morgan fingerprint density at radius 1 is 1.07 bits per heavy atom. The van der Waals surface area contributed by atoms with Crippen molar-refractivity contribution in [2.24, 2.45) is 11.8 Å². The van der Waals surface area contributed by atoms with E-state index >= 15 is 0 Å². The first kappa shape index (κ1) is 21.3. The van der Waals surface area contributed by atoms with Crippen LogP contribution in [0.1, 0.15) is 45.8 Å². The Labute approximate surface area is 185 Å². The van der Waals surface area contributed by atoms with Gasteiger partial charge in [0.1, 0.15) is 11.0 Å². The number of carboxylic acids is 1. The molecule has 0 radical (unpaired) electrons. The molecule has 1 aliphatic rings. The van der Waals surface area contributed by atoms with E-state index in [9.17, 15) is 9.18 Å². The Bertz CT molecular complexity index is 1020. The van der Waals surface area contributed by atoms with Crippen LogP contribution in [0.15, 0.2) is 54.6 Å². The molecule has 1 N–H and O–H groups in total. The van der Waals surface area contributed by atoms with E-state index < -0.39 is 17.5 Å². The van der Waals surface area contributed by atoms with Crippen molar-refractivity contribution >= 4 is 39.7 Å². The molecule has 5 heteroatoms. The predicted molar refractivity (Wildman–Crippen MR) is 123 cm³/mol. The van der Waals surface area contributed by atoms with Gasteiger partial charge in [-0.05, 0) is 78.8 Å². The summed E-state index contributed by atoms with van der Waals surface area (Å²) < 4.78 is 14.4. The molecule has 158 valence electrons. The van der Waals surface area contributed by atoms with Gasteiger partial charge in [0.25, 0.3) is 0 Å². The van der Waals surface area contributed by atoms with Gasteiger partial charge >= 0.3 is 5.97 Å². The van der Waals surface area contributed by atoms with Gasteiger partial charge in [0, 0.05) is 4.88 Å². The van der Waals surface area contributed by atoms with E-state index in [1.807, 2.05) is 12.1 Å². The van der Waals surface area contributed by atoms with Crippen LogP contribution < -0.4 is 0 Å². The van der Waals surface area contributed by atoms with Crippen molar-refractivity contribution in [2.45, 2.75) is 50.1 Å². The highest BCUT2D eigenvalue weighted by Gasteiger charge is 2.41. The number of rotatable bonds is 8. The van der Waals surface area contributed by atoms with Crippen molar-refractivity contribution < 1.29 is 14.3 Å². The fourth-order valence-electron chi connectivity index (χ4n) is 4.74. The number of benzene rings is 2. The molecule has 2 nitrogen and oxygen atoms in total. The van der Waals surface area contributed by atoms with Crippen molar-refractivity contribution in [1.29, 1.82) is 0 Å². The van der Waals surface area contributed by atoms with Crippen LogP contribution in [0.25, 0.3) is 10.8 Å². The molecule has 1 fully saturated rings. The van der Waals surface area contributed by atoms with Crippen LogP contribution in [-0.2, 0) is 12.8 Å². The van der Waals surface area contributed by atoms with Crippen LogP contribution in [0, 0.1) is 11.8 Å². The Balaban J connectivity index is 1.34. The zero-order valence-corrected chi connectivity index (χ0v) is 18.3. The van der Waals surface area contributed by atoms with Crippen LogP contribution in [-0.4, -0.2) is 22.6 Å². The second kappa shape index (κ2) is 9.49. The fraction of sp³-hybridized carbons (Fsp3) is 0.400. The molecule has 1 saturated carbocycles. The van der Waals surface area contributed by atoms with E-state index in [1.54, 1.807) is 6.07 Å². The molecule has 0 spiro atoms. The molecule has 0 saturated heterocycles. The molecule has 0 bridgehead atoms. The van der Waals surface area contributed by atoms with Gasteiger partial charge in [-0.25, -0.2) is 9.18 Å². The van der Waals surface area contributed by atoms with Crippen molar-refractivity contribution in [3.63, 3.8) is 0 Å². The highest BCUT2D eigenvalue weighted by Crippen LogP contribution is 2.43. The van der Waals surface area contributed by atoms with Gasteiger partial charge in [-0.1, -0.05) is 42.5 Å². The number of aromatic carboxylic acids is 1. The second-order valence-electron chi connectivity index (χ2n) is 8.30. The number of hydrogen-bond donors (Lipinski definition) is 1. The van der Waals surface area contributed by atoms with Gasteiger partial charge in [-0.2, -0.15) is 0 Å². The Hall–Kier alpha value is -1.91. The number of fused-ring (bicyclic) bond motifs is 1. The molecule has 3 aromatic rings. The molecule has 2 aromatic carbocycles. The Kier molecular flexibility index (Phi) is 6.74. The summed E-state index contributed by atoms with van der Waals surface area (Å²) in [6.45, 7) is 0. The van der Waals surface area contributed by atoms with Gasteiger partial charge in [-0.3, -0.25) is 0 Å². The van der Waals surface area contributed by atoms with Gasteiger partial charge in [0.15, 0.2) is 0 Å². The van der Waals surface area contributed by atoms with Crippen LogP contribution >= 0.6 is 22.9 Å². The first-order valence-electron chi connectivity index (χ1n) is 10.6. The normalized spacial score (nSPS) is 23.8. The maximum absolute atomic E-state index is 14.4. The Morgan fingerprint density at radius 3 is 2.63 bits per heavy atom. The third-order valence-corrected chi connectivity index (χ3v) is 8.07. The van der Waals surface area contributed by atoms with Crippen LogP contribution in [0.2, 0.25) is 0 Å². The molecule has 0 amide bonds. The van der Waals surface area contributed by atoms with Crippen LogP contribution in [0.4, 0.5) is 4.39 Å². The minimum atomic E-state index is -0.932. The van der Waals surface area contributed by atoms with E-state index in [1.165, 1.54) is 27.7 Å². The van der Waals surface area contributed by atoms with Crippen LogP contribution in [0.5, 0.6) is 0 Å². The smallest absolute Gasteiger partial charge is 0.345 e. The van der Waals surface area contributed by atoms with Crippen LogP contribution in [0.3, 0.4) is 0 Å². The number of hydrogen-bond acceptors (Lipinski definition) is 2. The quantitative estimate of drug-likeness (QED) is 0.375. The minimum absolute atomic E-state index is 0.186. The summed E-state index contributed by atoms with van der Waals surface area (Å²) in [4.78, 5) is 12.5. The van der Waals surface area contributed by atoms with Gasteiger partial charge < -0.3 is 5.11 Å². The fourth-order valence-corrected chi connectivity index (χ4v) is 6.07. The summed E-state index contributed by atoms with van der Waals surface area (Å²) in [7, 11) is 0. The summed E-state index contributed by atoms with van der Waals surface area (Å²) in [5, 5.41) is 11.1. The molecule has 4 atom stereocenters. The number of carbonyl (C=O) groups is 1. The molecule has 30 heavy (non-hydrogen) atoms. The molecule has 0 aliphatic heterocycles. The van der Waals surface area contributed by atoms with Gasteiger partial charge in [0.05, 0.1) is 5.38 Å². The second-order valence-corrected chi connectivity index (χ2v) is 9.98. The number of thiophene rings is 1. The Morgan fingerprint density at radius 2 is 1.87 bits per heavy atom.